The summed E-state index contributed by atoms with van der Waals surface area (Å²) in [6, 6.07) is 11.8. The molecular formula is C24H26N4O4. The molecule has 2 N–H and O–H groups in total. The van der Waals surface area contributed by atoms with Gasteiger partial charge in [-0.2, -0.15) is 0 Å². The van der Waals surface area contributed by atoms with Crippen molar-refractivity contribution in [2.24, 2.45) is 0 Å². The monoisotopic (exact) mass is 434 g/mol. The number of aryl methyl sites for hydroxylation is 2. The third-order valence-electron chi connectivity index (χ3n) is 6.05. The largest absolute Gasteiger partial charge is 0.345 e. The number of hydrogen-bond acceptors (Lipinski definition) is 4. The van der Waals surface area contributed by atoms with E-state index < -0.39 is 29.9 Å². The van der Waals surface area contributed by atoms with Gasteiger partial charge in [0, 0.05) is 25.3 Å². The normalized spacial score (nSPS) is 19.5. The second kappa shape index (κ2) is 8.11. The first-order valence-corrected chi connectivity index (χ1v) is 10.6. The molecule has 2 aliphatic rings. The molecular weight excluding hydrogens is 408 g/mol. The topological polar surface area (TPSA) is 98.8 Å². The first-order valence-electron chi connectivity index (χ1n) is 10.6. The van der Waals surface area contributed by atoms with E-state index in [9.17, 15) is 19.2 Å². The molecule has 1 atom stereocenters. The highest BCUT2D eigenvalue weighted by molar-refractivity contribution is 6.10. The summed E-state index contributed by atoms with van der Waals surface area (Å²) in [5.41, 5.74) is 2.82. The average molecular weight is 434 g/mol. The number of imide groups is 1. The fraction of sp³-hybridized carbons (Fsp3) is 0.333. The molecule has 1 aliphatic heterocycles. The van der Waals surface area contributed by atoms with Crippen LogP contribution in [0.15, 0.2) is 42.5 Å². The summed E-state index contributed by atoms with van der Waals surface area (Å²) in [4.78, 5) is 52.8. The van der Waals surface area contributed by atoms with Crippen molar-refractivity contribution in [3.05, 3.63) is 64.7 Å². The Labute approximate surface area is 186 Å². The van der Waals surface area contributed by atoms with E-state index >= 15 is 0 Å². The van der Waals surface area contributed by atoms with Crippen molar-refractivity contribution in [1.82, 2.24) is 15.1 Å². The Hall–Kier alpha value is -3.68. The number of nitrogens with zero attached hydrogens (tertiary/aromatic N) is 2. The van der Waals surface area contributed by atoms with Gasteiger partial charge in [-0.25, -0.2) is 4.79 Å². The van der Waals surface area contributed by atoms with Gasteiger partial charge in [0.05, 0.1) is 0 Å². The molecule has 2 aromatic rings. The van der Waals surface area contributed by atoms with Crippen LogP contribution in [0.4, 0.5) is 10.5 Å². The molecule has 0 bridgehead atoms. The molecule has 1 heterocycles. The minimum absolute atomic E-state index is 0.194. The van der Waals surface area contributed by atoms with Gasteiger partial charge in [0.2, 0.25) is 5.91 Å². The summed E-state index contributed by atoms with van der Waals surface area (Å²) in [5.74, 6) is -1.19. The van der Waals surface area contributed by atoms with Crippen molar-refractivity contribution in [1.29, 1.82) is 0 Å². The number of rotatable bonds is 5. The van der Waals surface area contributed by atoms with E-state index in [0.29, 0.717) is 16.8 Å². The van der Waals surface area contributed by atoms with Crippen LogP contribution < -0.4 is 10.6 Å². The quantitative estimate of drug-likeness (QED) is 0.706. The average Bonchev–Trinajstić information content (AvgIpc) is 3.31. The van der Waals surface area contributed by atoms with Gasteiger partial charge in [0.25, 0.3) is 11.8 Å². The highest BCUT2D eigenvalue weighted by Crippen LogP contribution is 2.32. The summed E-state index contributed by atoms with van der Waals surface area (Å²) in [6.07, 6.45) is 3.08. The maximum absolute atomic E-state index is 13.2. The molecule has 1 unspecified atom stereocenters. The molecule has 0 radical (unpaired) electrons. The van der Waals surface area contributed by atoms with Crippen LogP contribution in [-0.2, 0) is 28.0 Å². The molecule has 1 aliphatic carbocycles. The third-order valence-corrected chi connectivity index (χ3v) is 6.05. The lowest BCUT2D eigenvalue weighted by Crippen LogP contribution is -2.42. The van der Waals surface area contributed by atoms with Gasteiger partial charge in [0.1, 0.15) is 12.1 Å². The van der Waals surface area contributed by atoms with Gasteiger partial charge in [-0.05, 0) is 61.1 Å². The molecule has 1 saturated heterocycles. The Balaban J connectivity index is 1.47. The number of hydrogen-bond donors (Lipinski definition) is 2. The lowest BCUT2D eigenvalue weighted by Gasteiger charge is -2.23. The van der Waals surface area contributed by atoms with E-state index in [1.54, 1.807) is 45.3 Å². The van der Waals surface area contributed by atoms with Crippen molar-refractivity contribution in [3.8, 4) is 0 Å². The predicted octanol–water partition coefficient (Wildman–Crippen LogP) is 2.28. The molecule has 32 heavy (non-hydrogen) atoms. The number of anilines is 1. The van der Waals surface area contributed by atoms with Gasteiger partial charge in [-0.3, -0.25) is 19.3 Å². The number of nitrogens with one attached hydrogen (secondary N) is 2. The number of urea groups is 1. The predicted molar refractivity (Wildman–Crippen MR) is 119 cm³/mol. The summed E-state index contributed by atoms with van der Waals surface area (Å²) < 4.78 is 0. The molecule has 8 nitrogen and oxygen atoms in total. The Morgan fingerprint density at radius 3 is 2.59 bits per heavy atom. The fourth-order valence-electron chi connectivity index (χ4n) is 4.25. The van der Waals surface area contributed by atoms with Crippen LogP contribution >= 0.6 is 0 Å². The van der Waals surface area contributed by atoms with Crippen LogP contribution in [0, 0.1) is 0 Å². The molecule has 0 saturated carbocycles. The molecule has 8 heteroatoms. The Kier molecular flexibility index (Phi) is 5.46. The summed E-state index contributed by atoms with van der Waals surface area (Å²) in [5, 5.41) is 5.41. The Bertz CT molecular complexity index is 1130. The Morgan fingerprint density at radius 1 is 1.09 bits per heavy atom. The van der Waals surface area contributed by atoms with Crippen molar-refractivity contribution < 1.29 is 19.2 Å². The molecule has 4 rings (SSSR count). The van der Waals surface area contributed by atoms with Crippen LogP contribution in [0.3, 0.4) is 0 Å². The maximum atomic E-state index is 13.2. The minimum atomic E-state index is -1.22. The molecule has 0 spiro atoms. The van der Waals surface area contributed by atoms with Gasteiger partial charge >= 0.3 is 6.03 Å². The highest BCUT2D eigenvalue weighted by atomic mass is 16.2. The number of carbonyl (C=O) groups excluding carboxylic acids is 4. The molecule has 1 fully saturated rings. The lowest BCUT2D eigenvalue weighted by molar-refractivity contribution is -0.133. The number of benzene rings is 2. The molecule has 0 aromatic heterocycles. The first kappa shape index (κ1) is 21.5. The zero-order chi connectivity index (χ0) is 23.0. The van der Waals surface area contributed by atoms with Gasteiger partial charge in [0.15, 0.2) is 0 Å². The minimum Gasteiger partial charge on any atom is -0.345 e. The maximum Gasteiger partial charge on any atom is 0.325 e. The second-order valence-corrected chi connectivity index (χ2v) is 8.61. The Morgan fingerprint density at radius 2 is 1.84 bits per heavy atom. The highest BCUT2D eigenvalue weighted by Gasteiger charge is 2.49. The summed E-state index contributed by atoms with van der Waals surface area (Å²) in [6.45, 7) is 1.25. The lowest BCUT2D eigenvalue weighted by atomic mass is 9.89. The zero-order valence-electron chi connectivity index (χ0n) is 18.4. The van der Waals surface area contributed by atoms with Crippen molar-refractivity contribution in [3.63, 3.8) is 0 Å². The van der Waals surface area contributed by atoms with Crippen molar-refractivity contribution >= 4 is 29.4 Å². The van der Waals surface area contributed by atoms with Gasteiger partial charge in [-0.15, -0.1) is 0 Å². The summed E-state index contributed by atoms with van der Waals surface area (Å²) in [7, 11) is 3.28. The van der Waals surface area contributed by atoms with E-state index in [2.05, 4.69) is 10.6 Å². The van der Waals surface area contributed by atoms with Crippen molar-refractivity contribution in [2.75, 3.05) is 26.0 Å². The van der Waals surface area contributed by atoms with E-state index in [1.165, 1.54) is 16.0 Å². The van der Waals surface area contributed by atoms with E-state index in [-0.39, 0.29) is 5.91 Å². The number of amides is 5. The van der Waals surface area contributed by atoms with E-state index in [0.717, 1.165) is 24.2 Å². The van der Waals surface area contributed by atoms with Crippen molar-refractivity contribution in [2.45, 2.75) is 31.7 Å². The summed E-state index contributed by atoms with van der Waals surface area (Å²) >= 11 is 0. The van der Waals surface area contributed by atoms with E-state index in [4.69, 9.17) is 0 Å². The zero-order valence-corrected chi connectivity index (χ0v) is 18.4. The smallest absolute Gasteiger partial charge is 0.325 e. The first-order chi connectivity index (χ1) is 15.2. The van der Waals surface area contributed by atoms with Crippen LogP contribution in [0.5, 0.6) is 0 Å². The number of carbonyl (C=O) groups is 4. The van der Waals surface area contributed by atoms with Gasteiger partial charge in [-0.1, -0.05) is 24.3 Å². The third kappa shape index (κ3) is 3.84. The molecule has 166 valence electrons. The molecule has 2 aromatic carbocycles. The van der Waals surface area contributed by atoms with Crippen LogP contribution in [0.25, 0.3) is 0 Å². The molecule has 5 amide bonds. The van der Waals surface area contributed by atoms with Crippen LogP contribution in [-0.4, -0.2) is 54.2 Å². The SMILES string of the molecule is CN(C)C(=O)c1cccc(NC(=O)CN2C(=O)NC(C)(c3ccc4c(c3)CCC4)C2=O)c1. The standard InChI is InChI=1S/C24H26N4O4/c1-24(18-11-10-15-6-4-7-16(15)12-18)22(31)28(23(32)26-24)14-20(29)25-19-9-5-8-17(13-19)21(30)27(2)3/h5,8-13H,4,6-7,14H2,1-3H3,(H,25,29)(H,26,32). The van der Waals surface area contributed by atoms with Gasteiger partial charge < -0.3 is 15.5 Å². The number of fused-ring (bicyclic) bond motifs is 1. The fourth-order valence-corrected chi connectivity index (χ4v) is 4.25. The second-order valence-electron chi connectivity index (χ2n) is 8.61. The van der Waals surface area contributed by atoms with Crippen LogP contribution in [0.2, 0.25) is 0 Å². The van der Waals surface area contributed by atoms with E-state index in [1.807, 2.05) is 18.2 Å². The van der Waals surface area contributed by atoms with Crippen LogP contribution in [0.1, 0.15) is 40.4 Å².